The van der Waals surface area contributed by atoms with Crippen LogP contribution in [0.15, 0.2) is 12.1 Å². The highest BCUT2D eigenvalue weighted by atomic mass is 19.1. The molecule has 0 bridgehead atoms. The molecule has 0 spiro atoms. The number of esters is 1. The summed E-state index contributed by atoms with van der Waals surface area (Å²) in [7, 11) is 0. The van der Waals surface area contributed by atoms with Crippen molar-refractivity contribution in [3.8, 4) is 5.75 Å². The molecule has 1 aromatic carbocycles. The predicted molar refractivity (Wildman–Crippen MR) is 61.1 cm³/mol. The van der Waals surface area contributed by atoms with Crippen LogP contribution in [-0.2, 0) is 9.53 Å². The monoisotopic (exact) mass is 272 g/mol. The first-order valence-corrected chi connectivity index (χ1v) is 5.42. The Morgan fingerprint density at radius 2 is 2.11 bits per heavy atom. The van der Waals surface area contributed by atoms with Crippen molar-refractivity contribution in [2.24, 2.45) is 0 Å². The Labute approximate surface area is 108 Å². The lowest BCUT2D eigenvalue weighted by atomic mass is 10.0. The number of halogens is 1. The largest absolute Gasteiger partial charge is 0.504 e. The van der Waals surface area contributed by atoms with Crippen LogP contribution in [0.3, 0.4) is 0 Å². The molecule has 0 saturated heterocycles. The Bertz CT molecular complexity index is 487. The van der Waals surface area contributed by atoms with Crippen molar-refractivity contribution >= 4 is 12.3 Å². The first-order valence-electron chi connectivity index (χ1n) is 5.42. The van der Waals surface area contributed by atoms with Crippen molar-refractivity contribution in [3.63, 3.8) is 0 Å². The van der Waals surface area contributed by atoms with Gasteiger partial charge in [-0.1, -0.05) is 0 Å². The Kier molecular flexibility index (Phi) is 4.96. The van der Waals surface area contributed by atoms with E-state index in [9.17, 15) is 29.3 Å². The number of benzene rings is 1. The van der Waals surface area contributed by atoms with E-state index in [1.54, 1.807) is 0 Å². The maximum Gasteiger partial charge on any atom is 0.338 e. The molecule has 0 aliphatic heterocycles. The lowest BCUT2D eigenvalue weighted by Crippen LogP contribution is -2.30. The van der Waals surface area contributed by atoms with E-state index in [1.165, 1.54) is 6.92 Å². The maximum absolute atomic E-state index is 13.3. The molecule has 104 valence electrons. The molecule has 1 rings (SSSR count). The molecule has 0 aliphatic carbocycles. The second kappa shape index (κ2) is 6.26. The average molecular weight is 272 g/mol. The van der Waals surface area contributed by atoms with Gasteiger partial charge in [-0.15, -0.1) is 0 Å². The normalized spacial score (nSPS) is 13.7. The number of aromatic hydroxyl groups is 1. The molecular formula is C12H13FO6. The summed E-state index contributed by atoms with van der Waals surface area (Å²) in [6, 6.07) is 1.69. The minimum absolute atomic E-state index is 0.00609. The van der Waals surface area contributed by atoms with Crippen LogP contribution in [0.25, 0.3) is 0 Å². The predicted octanol–water partition coefficient (Wildman–Crippen LogP) is 0.301. The summed E-state index contributed by atoms with van der Waals surface area (Å²) in [5.74, 6) is -3.08. The standard InChI is InChI=1S/C12H13FO6/c1-2-19-12(18)11(17)10(16)6-3-7(5-14)9(15)8(13)4-6/h3-5,10-11,15-17H,2H2,1H3. The van der Waals surface area contributed by atoms with Gasteiger partial charge in [0.15, 0.2) is 24.0 Å². The van der Waals surface area contributed by atoms with Crippen LogP contribution in [-0.4, -0.2) is 40.3 Å². The molecule has 1 aromatic rings. The van der Waals surface area contributed by atoms with Crippen molar-refractivity contribution < 1.29 is 34.0 Å². The van der Waals surface area contributed by atoms with E-state index < -0.39 is 35.3 Å². The molecule has 19 heavy (non-hydrogen) atoms. The zero-order valence-electron chi connectivity index (χ0n) is 10.0. The van der Waals surface area contributed by atoms with Crippen LogP contribution in [0, 0.1) is 5.82 Å². The number of aliphatic hydroxyl groups is 2. The molecule has 2 unspecified atom stereocenters. The van der Waals surface area contributed by atoms with E-state index in [1.807, 2.05) is 0 Å². The SMILES string of the molecule is CCOC(=O)C(O)C(O)c1cc(F)c(O)c(C=O)c1. The number of carbonyl (C=O) groups excluding carboxylic acids is 2. The van der Waals surface area contributed by atoms with Crippen molar-refractivity contribution in [2.45, 2.75) is 19.1 Å². The maximum atomic E-state index is 13.3. The van der Waals surface area contributed by atoms with Crippen LogP contribution in [0.5, 0.6) is 5.75 Å². The Morgan fingerprint density at radius 3 is 2.63 bits per heavy atom. The van der Waals surface area contributed by atoms with Gasteiger partial charge in [-0.2, -0.15) is 0 Å². The molecule has 0 saturated carbocycles. The fourth-order valence-corrected chi connectivity index (χ4v) is 1.44. The first kappa shape index (κ1) is 15.1. The molecular weight excluding hydrogens is 259 g/mol. The summed E-state index contributed by atoms with van der Waals surface area (Å²) in [5.41, 5.74) is -0.622. The number of rotatable bonds is 5. The van der Waals surface area contributed by atoms with Gasteiger partial charge in [-0.3, -0.25) is 4.79 Å². The van der Waals surface area contributed by atoms with Gasteiger partial charge in [0, 0.05) is 0 Å². The number of aldehydes is 1. The lowest BCUT2D eigenvalue weighted by Gasteiger charge is -2.17. The highest BCUT2D eigenvalue weighted by Gasteiger charge is 2.28. The van der Waals surface area contributed by atoms with Gasteiger partial charge in [-0.25, -0.2) is 9.18 Å². The number of hydrogen-bond acceptors (Lipinski definition) is 6. The van der Waals surface area contributed by atoms with Gasteiger partial charge in [0.05, 0.1) is 12.2 Å². The lowest BCUT2D eigenvalue weighted by molar-refractivity contribution is -0.159. The van der Waals surface area contributed by atoms with Crippen molar-refractivity contribution in [2.75, 3.05) is 6.61 Å². The quantitative estimate of drug-likeness (QED) is 0.526. The number of carbonyl (C=O) groups is 2. The smallest absolute Gasteiger partial charge is 0.338 e. The molecule has 0 aromatic heterocycles. The number of phenols is 1. The number of phenolic OH excluding ortho intramolecular Hbond substituents is 1. The fourth-order valence-electron chi connectivity index (χ4n) is 1.44. The Morgan fingerprint density at radius 1 is 1.47 bits per heavy atom. The molecule has 6 nitrogen and oxygen atoms in total. The van der Waals surface area contributed by atoms with Gasteiger partial charge < -0.3 is 20.1 Å². The second-order valence-electron chi connectivity index (χ2n) is 3.70. The average Bonchev–Trinajstić information content (AvgIpc) is 2.40. The third-order valence-electron chi connectivity index (χ3n) is 2.41. The highest BCUT2D eigenvalue weighted by Crippen LogP contribution is 2.26. The number of aliphatic hydroxyl groups excluding tert-OH is 2. The van der Waals surface area contributed by atoms with Crippen molar-refractivity contribution in [1.29, 1.82) is 0 Å². The summed E-state index contributed by atoms with van der Waals surface area (Å²) in [4.78, 5) is 21.8. The summed E-state index contributed by atoms with van der Waals surface area (Å²) < 4.78 is 17.8. The van der Waals surface area contributed by atoms with Crippen LogP contribution < -0.4 is 0 Å². The van der Waals surface area contributed by atoms with Gasteiger partial charge >= 0.3 is 5.97 Å². The zero-order valence-corrected chi connectivity index (χ0v) is 10.0. The molecule has 0 heterocycles. The summed E-state index contributed by atoms with van der Waals surface area (Å²) in [5, 5.41) is 28.4. The van der Waals surface area contributed by atoms with Gasteiger partial charge in [0.25, 0.3) is 0 Å². The van der Waals surface area contributed by atoms with Crippen LogP contribution in [0.2, 0.25) is 0 Å². The first-order chi connectivity index (χ1) is 8.92. The number of ether oxygens (including phenoxy) is 1. The second-order valence-corrected chi connectivity index (χ2v) is 3.70. The van der Waals surface area contributed by atoms with Gasteiger partial charge in [-0.05, 0) is 24.6 Å². The van der Waals surface area contributed by atoms with Crippen LogP contribution >= 0.6 is 0 Å². The zero-order chi connectivity index (χ0) is 14.6. The molecule has 2 atom stereocenters. The molecule has 0 aliphatic rings. The van der Waals surface area contributed by atoms with Gasteiger partial charge in [0.1, 0.15) is 6.10 Å². The Balaban J connectivity index is 3.06. The molecule has 7 heteroatoms. The van der Waals surface area contributed by atoms with E-state index in [0.29, 0.717) is 0 Å². The molecule has 3 N–H and O–H groups in total. The third kappa shape index (κ3) is 3.27. The fraction of sp³-hybridized carbons (Fsp3) is 0.333. The number of hydrogen-bond donors (Lipinski definition) is 3. The summed E-state index contributed by atoms with van der Waals surface area (Å²) in [6.07, 6.45) is -3.50. The van der Waals surface area contributed by atoms with E-state index in [0.717, 1.165) is 12.1 Å². The van der Waals surface area contributed by atoms with E-state index in [4.69, 9.17) is 0 Å². The summed E-state index contributed by atoms with van der Waals surface area (Å²) >= 11 is 0. The topological polar surface area (TPSA) is 104 Å². The van der Waals surface area contributed by atoms with Crippen molar-refractivity contribution in [3.05, 3.63) is 29.1 Å². The van der Waals surface area contributed by atoms with Crippen LogP contribution in [0.4, 0.5) is 4.39 Å². The van der Waals surface area contributed by atoms with Crippen LogP contribution in [0.1, 0.15) is 28.9 Å². The molecule has 0 amide bonds. The summed E-state index contributed by atoms with van der Waals surface area (Å²) in [6.45, 7) is 1.52. The van der Waals surface area contributed by atoms with Crippen molar-refractivity contribution in [1.82, 2.24) is 0 Å². The van der Waals surface area contributed by atoms with E-state index in [2.05, 4.69) is 4.74 Å². The highest BCUT2D eigenvalue weighted by molar-refractivity contribution is 5.80. The van der Waals surface area contributed by atoms with Gasteiger partial charge in [0.2, 0.25) is 0 Å². The molecule has 0 radical (unpaired) electrons. The van der Waals surface area contributed by atoms with E-state index >= 15 is 0 Å². The third-order valence-corrected chi connectivity index (χ3v) is 2.41. The minimum atomic E-state index is -1.91. The minimum Gasteiger partial charge on any atom is -0.504 e. The Hall–Kier alpha value is -1.99. The molecule has 0 fully saturated rings. The van der Waals surface area contributed by atoms with E-state index in [-0.39, 0.29) is 18.5 Å².